The van der Waals surface area contributed by atoms with Crippen LogP contribution in [0.5, 0.6) is 0 Å². The van der Waals surface area contributed by atoms with Crippen LogP contribution in [0, 0.1) is 0 Å². The van der Waals surface area contributed by atoms with Gasteiger partial charge in [0.2, 0.25) is 0 Å². The van der Waals surface area contributed by atoms with Crippen LogP contribution in [-0.4, -0.2) is 18.5 Å². The highest BCUT2D eigenvalue weighted by Gasteiger charge is 2.16. The second-order valence-electron chi connectivity index (χ2n) is 2.73. The van der Waals surface area contributed by atoms with Crippen molar-refractivity contribution in [3.63, 3.8) is 0 Å². The quantitative estimate of drug-likeness (QED) is 0.405. The fraction of sp³-hybridized carbons (Fsp3) is 0.625. The lowest BCUT2D eigenvalue weighted by atomic mass is 10.1. The van der Waals surface area contributed by atoms with Gasteiger partial charge in [-0.2, -0.15) is 0 Å². The zero-order chi connectivity index (χ0) is 7.56. The minimum Gasteiger partial charge on any atom is -0.363 e. The Morgan fingerprint density at radius 1 is 1.80 bits per heavy atom. The van der Waals surface area contributed by atoms with Crippen molar-refractivity contribution >= 4 is 6.29 Å². The molecule has 0 spiro atoms. The number of carbonyl (C=O) groups excluding carboxylic acids is 1. The van der Waals surface area contributed by atoms with Gasteiger partial charge in [0.15, 0.2) is 0 Å². The summed E-state index contributed by atoms with van der Waals surface area (Å²) in [5.41, 5.74) is 1.25. The molecular weight excluding hydrogens is 128 g/mol. The van der Waals surface area contributed by atoms with Gasteiger partial charge in [-0.3, -0.25) is 0 Å². The third-order valence-corrected chi connectivity index (χ3v) is 1.58. The van der Waals surface area contributed by atoms with Crippen LogP contribution in [0.3, 0.4) is 0 Å². The maximum Gasteiger partial charge on any atom is 0.149 e. The summed E-state index contributed by atoms with van der Waals surface area (Å²) in [7, 11) is 0. The molecule has 0 aromatic carbocycles. The lowest BCUT2D eigenvalue weighted by Gasteiger charge is -2.21. The Bertz CT molecular complexity index is 161. The van der Waals surface area contributed by atoms with Gasteiger partial charge >= 0.3 is 0 Å². The molecule has 2 heteroatoms. The first-order chi connectivity index (χ1) is 4.72. The summed E-state index contributed by atoms with van der Waals surface area (Å²) in [5, 5.41) is 0. The lowest BCUT2D eigenvalue weighted by molar-refractivity contribution is -0.120. The molecule has 0 radical (unpaired) electrons. The van der Waals surface area contributed by atoms with E-state index in [-0.39, 0.29) is 12.2 Å². The molecule has 0 unspecified atom stereocenters. The Kier molecular flexibility index (Phi) is 2.22. The highest BCUT2D eigenvalue weighted by atomic mass is 16.5. The third-order valence-electron chi connectivity index (χ3n) is 1.58. The second-order valence-corrected chi connectivity index (χ2v) is 2.73. The molecule has 0 aromatic rings. The van der Waals surface area contributed by atoms with E-state index in [2.05, 4.69) is 0 Å². The topological polar surface area (TPSA) is 26.3 Å². The van der Waals surface area contributed by atoms with Gasteiger partial charge in [-0.1, -0.05) is 11.6 Å². The second kappa shape index (κ2) is 2.97. The average molecular weight is 140 g/mol. The van der Waals surface area contributed by atoms with Gasteiger partial charge in [-0.05, 0) is 13.8 Å². The van der Waals surface area contributed by atoms with Crippen molar-refractivity contribution in [3.05, 3.63) is 11.6 Å². The van der Waals surface area contributed by atoms with Crippen molar-refractivity contribution in [1.29, 1.82) is 0 Å². The molecule has 0 saturated carbocycles. The highest BCUT2D eigenvalue weighted by Crippen LogP contribution is 2.16. The molecule has 10 heavy (non-hydrogen) atoms. The monoisotopic (exact) mass is 140 g/mol. The van der Waals surface area contributed by atoms with E-state index < -0.39 is 0 Å². The van der Waals surface area contributed by atoms with Crippen LogP contribution in [0.15, 0.2) is 11.6 Å². The maximum absolute atomic E-state index is 10.3. The summed E-state index contributed by atoms with van der Waals surface area (Å²) < 4.78 is 5.26. The molecular formula is C8H12O2. The largest absolute Gasteiger partial charge is 0.363 e. The van der Waals surface area contributed by atoms with Gasteiger partial charge in [-0.25, -0.2) is 0 Å². The van der Waals surface area contributed by atoms with E-state index in [1.54, 1.807) is 0 Å². The molecule has 0 aromatic heterocycles. The Balaban J connectivity index is 2.60. The summed E-state index contributed by atoms with van der Waals surface area (Å²) in [5.74, 6) is 0. The highest BCUT2D eigenvalue weighted by molar-refractivity contribution is 5.57. The standard InChI is InChI=1S/C8H12O2/c1-6-3-7(2)10-8(4-6)5-9/h3,5,7-8H,4H2,1-2H3/t7-,8+/m0/s1. The first-order valence-corrected chi connectivity index (χ1v) is 3.50. The van der Waals surface area contributed by atoms with Crippen molar-refractivity contribution in [2.24, 2.45) is 0 Å². The van der Waals surface area contributed by atoms with E-state index in [4.69, 9.17) is 4.74 Å². The molecule has 1 aliphatic heterocycles. The Hall–Kier alpha value is -0.630. The van der Waals surface area contributed by atoms with Gasteiger partial charge in [-0.15, -0.1) is 0 Å². The normalized spacial score (nSPS) is 33.2. The van der Waals surface area contributed by atoms with Crippen molar-refractivity contribution in [2.45, 2.75) is 32.5 Å². The van der Waals surface area contributed by atoms with Crippen molar-refractivity contribution in [3.8, 4) is 0 Å². The number of rotatable bonds is 1. The molecule has 0 saturated heterocycles. The van der Waals surface area contributed by atoms with E-state index >= 15 is 0 Å². The molecule has 0 fully saturated rings. The van der Waals surface area contributed by atoms with Crippen LogP contribution in [0.2, 0.25) is 0 Å². The minimum atomic E-state index is -0.208. The molecule has 56 valence electrons. The van der Waals surface area contributed by atoms with Gasteiger partial charge < -0.3 is 9.53 Å². The zero-order valence-electron chi connectivity index (χ0n) is 6.33. The minimum absolute atomic E-state index is 0.101. The molecule has 1 heterocycles. The molecule has 0 amide bonds. The van der Waals surface area contributed by atoms with E-state index in [9.17, 15) is 4.79 Å². The van der Waals surface area contributed by atoms with Crippen LogP contribution in [0.1, 0.15) is 20.3 Å². The van der Waals surface area contributed by atoms with E-state index in [0.717, 1.165) is 12.7 Å². The van der Waals surface area contributed by atoms with Gasteiger partial charge in [0, 0.05) is 6.42 Å². The predicted molar refractivity (Wildman–Crippen MR) is 38.8 cm³/mol. The zero-order valence-corrected chi connectivity index (χ0v) is 6.33. The number of hydrogen-bond acceptors (Lipinski definition) is 2. The molecule has 2 atom stereocenters. The van der Waals surface area contributed by atoms with E-state index in [1.165, 1.54) is 5.57 Å². The smallest absolute Gasteiger partial charge is 0.149 e. The lowest BCUT2D eigenvalue weighted by Crippen LogP contribution is -2.24. The summed E-state index contributed by atoms with van der Waals surface area (Å²) >= 11 is 0. The number of aldehydes is 1. The molecule has 1 rings (SSSR count). The van der Waals surface area contributed by atoms with Crippen molar-refractivity contribution in [1.82, 2.24) is 0 Å². The summed E-state index contributed by atoms with van der Waals surface area (Å²) in [4.78, 5) is 10.3. The van der Waals surface area contributed by atoms with E-state index in [0.29, 0.717) is 0 Å². The van der Waals surface area contributed by atoms with Gasteiger partial charge in [0.1, 0.15) is 12.4 Å². The predicted octanol–water partition coefficient (Wildman–Crippen LogP) is 1.31. The molecule has 0 bridgehead atoms. The number of hydrogen-bond donors (Lipinski definition) is 0. The van der Waals surface area contributed by atoms with Crippen molar-refractivity contribution in [2.75, 3.05) is 0 Å². The van der Waals surface area contributed by atoms with Crippen LogP contribution in [-0.2, 0) is 9.53 Å². The number of ether oxygens (including phenoxy) is 1. The molecule has 2 nitrogen and oxygen atoms in total. The first kappa shape index (κ1) is 7.48. The third kappa shape index (κ3) is 1.67. The fourth-order valence-electron chi connectivity index (χ4n) is 1.23. The molecule has 0 N–H and O–H groups in total. The maximum atomic E-state index is 10.3. The SMILES string of the molecule is CC1=C[C@H](C)O[C@@H](C=O)C1. The summed E-state index contributed by atoms with van der Waals surface area (Å²) in [6.45, 7) is 3.97. The first-order valence-electron chi connectivity index (χ1n) is 3.50. The Labute approximate surface area is 60.9 Å². The van der Waals surface area contributed by atoms with Gasteiger partial charge in [0.05, 0.1) is 6.10 Å². The van der Waals surface area contributed by atoms with E-state index in [1.807, 2.05) is 19.9 Å². The summed E-state index contributed by atoms with van der Waals surface area (Å²) in [6, 6.07) is 0. The van der Waals surface area contributed by atoms with Crippen LogP contribution in [0.4, 0.5) is 0 Å². The van der Waals surface area contributed by atoms with Gasteiger partial charge in [0.25, 0.3) is 0 Å². The molecule has 0 aliphatic carbocycles. The van der Waals surface area contributed by atoms with Crippen LogP contribution < -0.4 is 0 Å². The Morgan fingerprint density at radius 2 is 2.50 bits per heavy atom. The Morgan fingerprint density at radius 3 is 3.00 bits per heavy atom. The fourth-order valence-corrected chi connectivity index (χ4v) is 1.23. The number of carbonyl (C=O) groups is 1. The summed E-state index contributed by atoms with van der Waals surface area (Å²) in [6.07, 6.45) is 3.56. The average Bonchev–Trinajstić information content (AvgIpc) is 1.85. The van der Waals surface area contributed by atoms with Crippen LogP contribution >= 0.6 is 0 Å². The molecule has 1 aliphatic rings. The van der Waals surface area contributed by atoms with Crippen LogP contribution in [0.25, 0.3) is 0 Å². The van der Waals surface area contributed by atoms with Crippen molar-refractivity contribution < 1.29 is 9.53 Å².